The van der Waals surface area contributed by atoms with E-state index in [2.05, 4.69) is 39.9 Å². The van der Waals surface area contributed by atoms with Gasteiger partial charge in [0.05, 0.1) is 12.2 Å². The van der Waals surface area contributed by atoms with E-state index < -0.39 is 0 Å². The van der Waals surface area contributed by atoms with Crippen LogP contribution >= 0.6 is 0 Å². The molecule has 3 atom stereocenters. The Labute approximate surface area is 94.8 Å². The number of nitrogens with one attached hydrogen (secondary N) is 1. The summed E-state index contributed by atoms with van der Waals surface area (Å²) in [5.74, 6) is 0.827. The van der Waals surface area contributed by atoms with Crippen molar-refractivity contribution in [2.24, 2.45) is 5.92 Å². The first-order valence-electron chi connectivity index (χ1n) is 6.27. The molecule has 1 saturated heterocycles. The van der Waals surface area contributed by atoms with Crippen molar-refractivity contribution in [3.05, 3.63) is 0 Å². The summed E-state index contributed by atoms with van der Waals surface area (Å²) in [6.07, 6.45) is 4.53. The normalized spacial score (nSPS) is 33.0. The number of hydrogen-bond acceptors (Lipinski definition) is 2. The summed E-state index contributed by atoms with van der Waals surface area (Å²) in [6.45, 7) is 12.2. The number of hydrogen-bond donors (Lipinski definition) is 1. The van der Waals surface area contributed by atoms with Crippen LogP contribution in [0.2, 0.25) is 0 Å². The molecule has 0 aromatic rings. The van der Waals surface area contributed by atoms with Crippen molar-refractivity contribution in [3.63, 3.8) is 0 Å². The van der Waals surface area contributed by atoms with Crippen LogP contribution in [0.25, 0.3) is 0 Å². The minimum absolute atomic E-state index is 0.228. The number of rotatable bonds is 3. The van der Waals surface area contributed by atoms with E-state index in [0.717, 1.165) is 18.9 Å². The van der Waals surface area contributed by atoms with Crippen molar-refractivity contribution in [2.75, 3.05) is 6.54 Å². The third-order valence-corrected chi connectivity index (χ3v) is 2.95. The first kappa shape index (κ1) is 13.0. The summed E-state index contributed by atoms with van der Waals surface area (Å²) >= 11 is 0. The Morgan fingerprint density at radius 3 is 2.40 bits per heavy atom. The molecule has 1 N–H and O–H groups in total. The summed E-state index contributed by atoms with van der Waals surface area (Å²) in [7, 11) is 0. The van der Waals surface area contributed by atoms with E-state index in [1.54, 1.807) is 0 Å². The van der Waals surface area contributed by atoms with Crippen LogP contribution in [0, 0.1) is 5.92 Å². The summed E-state index contributed by atoms with van der Waals surface area (Å²) in [5.41, 5.74) is 0.228. The SMILES string of the molecule is CC1CC(C)OC(CCNC(C)(C)C)C1. The Morgan fingerprint density at radius 2 is 1.87 bits per heavy atom. The highest BCUT2D eigenvalue weighted by Gasteiger charge is 2.24. The summed E-state index contributed by atoms with van der Waals surface area (Å²) in [6, 6.07) is 0. The van der Waals surface area contributed by atoms with Gasteiger partial charge < -0.3 is 10.1 Å². The fourth-order valence-electron chi connectivity index (χ4n) is 2.35. The fourth-order valence-corrected chi connectivity index (χ4v) is 2.35. The van der Waals surface area contributed by atoms with Gasteiger partial charge in [0.1, 0.15) is 0 Å². The van der Waals surface area contributed by atoms with Gasteiger partial charge in [-0.1, -0.05) is 6.92 Å². The average Bonchev–Trinajstić information content (AvgIpc) is 1.99. The Balaban J connectivity index is 2.21. The smallest absolute Gasteiger partial charge is 0.0593 e. The standard InChI is InChI=1S/C13H27NO/c1-10-8-11(2)15-12(9-10)6-7-14-13(3,4)5/h10-12,14H,6-9H2,1-5H3. The quantitative estimate of drug-likeness (QED) is 0.778. The van der Waals surface area contributed by atoms with Crippen LogP contribution in [-0.2, 0) is 4.74 Å². The van der Waals surface area contributed by atoms with E-state index in [-0.39, 0.29) is 5.54 Å². The van der Waals surface area contributed by atoms with E-state index in [4.69, 9.17) is 4.74 Å². The molecule has 0 radical (unpaired) electrons. The molecule has 2 nitrogen and oxygen atoms in total. The summed E-state index contributed by atoms with van der Waals surface area (Å²) < 4.78 is 5.93. The van der Waals surface area contributed by atoms with Gasteiger partial charge in [0.2, 0.25) is 0 Å². The van der Waals surface area contributed by atoms with Gasteiger partial charge in [-0.15, -0.1) is 0 Å². The molecular weight excluding hydrogens is 186 g/mol. The van der Waals surface area contributed by atoms with Crippen LogP contribution in [0.1, 0.15) is 53.9 Å². The first-order chi connectivity index (χ1) is 6.87. The van der Waals surface area contributed by atoms with Gasteiger partial charge in [-0.25, -0.2) is 0 Å². The van der Waals surface area contributed by atoms with Crippen molar-refractivity contribution < 1.29 is 4.74 Å². The zero-order chi connectivity index (χ0) is 11.5. The highest BCUT2D eigenvalue weighted by atomic mass is 16.5. The molecule has 1 rings (SSSR count). The van der Waals surface area contributed by atoms with Gasteiger partial charge in [-0.3, -0.25) is 0 Å². The lowest BCUT2D eigenvalue weighted by atomic mass is 9.92. The maximum atomic E-state index is 5.93. The molecule has 90 valence electrons. The maximum Gasteiger partial charge on any atom is 0.0593 e. The third-order valence-electron chi connectivity index (χ3n) is 2.95. The molecule has 0 aromatic heterocycles. The Kier molecular flexibility index (Phi) is 4.60. The van der Waals surface area contributed by atoms with Gasteiger partial charge in [0.15, 0.2) is 0 Å². The number of ether oxygens (including phenoxy) is 1. The highest BCUT2D eigenvalue weighted by Crippen LogP contribution is 2.25. The van der Waals surface area contributed by atoms with Crippen LogP contribution in [0.15, 0.2) is 0 Å². The topological polar surface area (TPSA) is 21.3 Å². The van der Waals surface area contributed by atoms with E-state index in [1.807, 2.05) is 0 Å². The van der Waals surface area contributed by atoms with E-state index in [1.165, 1.54) is 12.8 Å². The van der Waals surface area contributed by atoms with Crippen LogP contribution in [0.5, 0.6) is 0 Å². The van der Waals surface area contributed by atoms with Gasteiger partial charge in [0.25, 0.3) is 0 Å². The van der Waals surface area contributed by atoms with E-state index in [9.17, 15) is 0 Å². The molecule has 0 saturated carbocycles. The molecule has 0 spiro atoms. The second-order valence-corrected chi connectivity index (χ2v) is 6.11. The second kappa shape index (κ2) is 5.31. The van der Waals surface area contributed by atoms with Gasteiger partial charge in [-0.05, 0) is 59.4 Å². The van der Waals surface area contributed by atoms with Crippen molar-refractivity contribution in [1.29, 1.82) is 0 Å². The lowest BCUT2D eigenvalue weighted by Crippen LogP contribution is -2.39. The predicted molar refractivity (Wildman–Crippen MR) is 65.1 cm³/mol. The molecule has 1 aliphatic heterocycles. The Morgan fingerprint density at radius 1 is 1.20 bits per heavy atom. The zero-order valence-electron chi connectivity index (χ0n) is 11.0. The minimum atomic E-state index is 0.228. The van der Waals surface area contributed by atoms with E-state index in [0.29, 0.717) is 12.2 Å². The lowest BCUT2D eigenvalue weighted by molar-refractivity contribution is -0.0615. The lowest BCUT2D eigenvalue weighted by Gasteiger charge is -2.33. The van der Waals surface area contributed by atoms with Gasteiger partial charge in [0, 0.05) is 5.54 Å². The van der Waals surface area contributed by atoms with Crippen LogP contribution < -0.4 is 5.32 Å². The minimum Gasteiger partial charge on any atom is -0.375 e. The molecule has 15 heavy (non-hydrogen) atoms. The van der Waals surface area contributed by atoms with Crippen molar-refractivity contribution in [1.82, 2.24) is 5.32 Å². The predicted octanol–water partition coefficient (Wildman–Crippen LogP) is 2.97. The summed E-state index contributed by atoms with van der Waals surface area (Å²) in [4.78, 5) is 0. The monoisotopic (exact) mass is 213 g/mol. The average molecular weight is 213 g/mol. The van der Waals surface area contributed by atoms with Gasteiger partial charge >= 0.3 is 0 Å². The molecule has 0 aliphatic carbocycles. The van der Waals surface area contributed by atoms with Crippen molar-refractivity contribution in [3.8, 4) is 0 Å². The molecule has 0 amide bonds. The molecule has 1 fully saturated rings. The second-order valence-electron chi connectivity index (χ2n) is 6.11. The molecule has 0 bridgehead atoms. The van der Waals surface area contributed by atoms with Crippen LogP contribution in [0.3, 0.4) is 0 Å². The highest BCUT2D eigenvalue weighted by molar-refractivity contribution is 4.76. The van der Waals surface area contributed by atoms with Crippen LogP contribution in [0.4, 0.5) is 0 Å². The molecule has 3 unspecified atom stereocenters. The Hall–Kier alpha value is -0.0800. The first-order valence-corrected chi connectivity index (χ1v) is 6.27. The zero-order valence-corrected chi connectivity index (χ0v) is 11.0. The van der Waals surface area contributed by atoms with Crippen LogP contribution in [-0.4, -0.2) is 24.3 Å². The third kappa shape index (κ3) is 5.53. The molecule has 1 heterocycles. The van der Waals surface area contributed by atoms with Crippen molar-refractivity contribution >= 4 is 0 Å². The molecule has 0 aromatic carbocycles. The van der Waals surface area contributed by atoms with Gasteiger partial charge in [-0.2, -0.15) is 0 Å². The molecule has 2 heteroatoms. The maximum absolute atomic E-state index is 5.93. The largest absolute Gasteiger partial charge is 0.375 e. The fraction of sp³-hybridized carbons (Fsp3) is 1.00. The van der Waals surface area contributed by atoms with Crippen molar-refractivity contribution in [2.45, 2.75) is 71.6 Å². The van der Waals surface area contributed by atoms with E-state index >= 15 is 0 Å². The Bertz CT molecular complexity index is 175. The summed E-state index contributed by atoms with van der Waals surface area (Å²) in [5, 5.41) is 3.52. The molecule has 1 aliphatic rings. The molecular formula is C13H27NO.